The van der Waals surface area contributed by atoms with Gasteiger partial charge in [-0.15, -0.1) is 0 Å². The van der Waals surface area contributed by atoms with E-state index in [0.29, 0.717) is 0 Å². The average molecular weight is 166 g/mol. The molecule has 0 heterocycles. The molecule has 0 aliphatic heterocycles. The van der Waals surface area contributed by atoms with E-state index < -0.39 is 24.4 Å². The highest BCUT2D eigenvalue weighted by Crippen LogP contribution is 2.00. The predicted octanol–water partition coefficient (Wildman–Crippen LogP) is 0.103. The van der Waals surface area contributed by atoms with Crippen LogP contribution in [0.1, 0.15) is 13.8 Å². The molecule has 3 N–H and O–H groups in total. The van der Waals surface area contributed by atoms with Crippen LogP contribution in [-0.2, 0) is 4.79 Å². The standard InChI is InChI=1S/C6H12F2N2O/c1-3(5(7)8)10-4(2)6(9)11/h3-5,10H,1-2H3,(H2,9,11). The van der Waals surface area contributed by atoms with Gasteiger partial charge in [0.2, 0.25) is 5.91 Å². The normalized spacial score (nSPS) is 16.5. The number of primary amides is 1. The molecule has 0 rings (SSSR count). The number of carbonyl (C=O) groups is 1. The fourth-order valence-corrected chi connectivity index (χ4v) is 0.549. The van der Waals surface area contributed by atoms with Gasteiger partial charge in [-0.1, -0.05) is 0 Å². The Morgan fingerprint density at radius 1 is 1.45 bits per heavy atom. The van der Waals surface area contributed by atoms with Gasteiger partial charge in [-0.2, -0.15) is 0 Å². The molecule has 2 atom stereocenters. The van der Waals surface area contributed by atoms with E-state index in [1.807, 2.05) is 0 Å². The van der Waals surface area contributed by atoms with Crippen LogP contribution in [-0.4, -0.2) is 24.4 Å². The van der Waals surface area contributed by atoms with Gasteiger partial charge in [0.25, 0.3) is 6.43 Å². The smallest absolute Gasteiger partial charge is 0.253 e. The highest BCUT2D eigenvalue weighted by atomic mass is 19.3. The minimum atomic E-state index is -2.48. The van der Waals surface area contributed by atoms with Crippen molar-refractivity contribution in [3.05, 3.63) is 0 Å². The highest BCUT2D eigenvalue weighted by molar-refractivity contribution is 5.79. The molecular weight excluding hydrogens is 154 g/mol. The number of alkyl halides is 2. The van der Waals surface area contributed by atoms with Crippen molar-refractivity contribution in [2.45, 2.75) is 32.4 Å². The van der Waals surface area contributed by atoms with Crippen LogP contribution in [0.25, 0.3) is 0 Å². The molecule has 0 aromatic carbocycles. The van der Waals surface area contributed by atoms with Gasteiger partial charge in [0.15, 0.2) is 0 Å². The first-order valence-electron chi connectivity index (χ1n) is 3.28. The van der Waals surface area contributed by atoms with Crippen LogP contribution in [0.4, 0.5) is 8.78 Å². The van der Waals surface area contributed by atoms with E-state index in [2.05, 4.69) is 5.32 Å². The number of halogens is 2. The second kappa shape index (κ2) is 4.23. The first-order chi connectivity index (χ1) is 4.95. The third-order valence-corrected chi connectivity index (χ3v) is 1.32. The second-order valence-corrected chi connectivity index (χ2v) is 2.41. The zero-order valence-electron chi connectivity index (χ0n) is 6.47. The fraction of sp³-hybridized carbons (Fsp3) is 0.833. The Labute approximate surface area is 63.9 Å². The summed E-state index contributed by atoms with van der Waals surface area (Å²) in [6.45, 7) is 2.74. The third kappa shape index (κ3) is 3.87. The van der Waals surface area contributed by atoms with Gasteiger partial charge in [-0.25, -0.2) is 8.78 Å². The van der Waals surface area contributed by atoms with E-state index in [1.165, 1.54) is 13.8 Å². The molecule has 0 aromatic heterocycles. The predicted molar refractivity (Wildman–Crippen MR) is 37.3 cm³/mol. The molecule has 5 heteroatoms. The Hall–Kier alpha value is -0.710. The van der Waals surface area contributed by atoms with Gasteiger partial charge in [0.1, 0.15) is 0 Å². The SMILES string of the molecule is CC(NC(C)C(F)F)C(N)=O. The van der Waals surface area contributed by atoms with Crippen LogP contribution in [0, 0.1) is 0 Å². The monoisotopic (exact) mass is 166 g/mol. The topological polar surface area (TPSA) is 55.1 Å². The van der Waals surface area contributed by atoms with Gasteiger partial charge in [0, 0.05) is 0 Å². The maximum atomic E-state index is 11.8. The van der Waals surface area contributed by atoms with Crippen LogP contribution in [0.5, 0.6) is 0 Å². The van der Waals surface area contributed by atoms with Crippen molar-refractivity contribution >= 4 is 5.91 Å². The maximum absolute atomic E-state index is 11.8. The molecule has 66 valence electrons. The third-order valence-electron chi connectivity index (χ3n) is 1.32. The average Bonchev–Trinajstić information content (AvgIpc) is 1.87. The largest absolute Gasteiger partial charge is 0.368 e. The maximum Gasteiger partial charge on any atom is 0.253 e. The minimum Gasteiger partial charge on any atom is -0.368 e. The Bertz CT molecular complexity index is 141. The summed E-state index contributed by atoms with van der Waals surface area (Å²) in [5.41, 5.74) is 4.84. The van der Waals surface area contributed by atoms with Crippen molar-refractivity contribution in [3.8, 4) is 0 Å². The number of carbonyl (C=O) groups excluding carboxylic acids is 1. The summed E-state index contributed by atoms with van der Waals surface area (Å²) in [7, 11) is 0. The lowest BCUT2D eigenvalue weighted by Gasteiger charge is -2.16. The van der Waals surface area contributed by atoms with Gasteiger partial charge in [-0.05, 0) is 13.8 Å². The summed E-state index contributed by atoms with van der Waals surface area (Å²) in [6.07, 6.45) is -2.48. The molecular formula is C6H12F2N2O. The fourth-order valence-electron chi connectivity index (χ4n) is 0.549. The number of nitrogens with two attached hydrogens (primary N) is 1. The van der Waals surface area contributed by atoms with Crippen molar-refractivity contribution in [3.63, 3.8) is 0 Å². The number of hydrogen-bond donors (Lipinski definition) is 2. The molecule has 11 heavy (non-hydrogen) atoms. The molecule has 0 aromatic rings. The van der Waals surface area contributed by atoms with Crippen molar-refractivity contribution in [2.24, 2.45) is 5.73 Å². The van der Waals surface area contributed by atoms with Gasteiger partial charge < -0.3 is 5.73 Å². The molecule has 0 spiro atoms. The summed E-state index contributed by atoms with van der Waals surface area (Å²) in [6, 6.07) is -1.71. The molecule has 0 aliphatic carbocycles. The number of nitrogens with one attached hydrogen (secondary N) is 1. The Morgan fingerprint density at radius 2 is 1.91 bits per heavy atom. The zero-order chi connectivity index (χ0) is 9.02. The summed E-state index contributed by atoms with van der Waals surface area (Å²) < 4.78 is 23.7. The van der Waals surface area contributed by atoms with E-state index in [1.54, 1.807) is 0 Å². The number of rotatable bonds is 4. The molecule has 1 amide bonds. The van der Waals surface area contributed by atoms with Crippen LogP contribution >= 0.6 is 0 Å². The van der Waals surface area contributed by atoms with Crippen LogP contribution in [0.15, 0.2) is 0 Å². The van der Waals surface area contributed by atoms with Crippen LogP contribution < -0.4 is 11.1 Å². The van der Waals surface area contributed by atoms with Gasteiger partial charge >= 0.3 is 0 Å². The molecule has 0 saturated heterocycles. The molecule has 3 nitrogen and oxygen atoms in total. The van der Waals surface area contributed by atoms with E-state index in [-0.39, 0.29) is 0 Å². The lowest BCUT2D eigenvalue weighted by molar-refractivity contribution is -0.120. The first kappa shape index (κ1) is 10.3. The Morgan fingerprint density at radius 3 is 2.18 bits per heavy atom. The second-order valence-electron chi connectivity index (χ2n) is 2.41. The van der Waals surface area contributed by atoms with Crippen molar-refractivity contribution in [2.75, 3.05) is 0 Å². The van der Waals surface area contributed by atoms with Gasteiger partial charge in [0.05, 0.1) is 12.1 Å². The highest BCUT2D eigenvalue weighted by Gasteiger charge is 2.18. The van der Waals surface area contributed by atoms with E-state index >= 15 is 0 Å². The summed E-state index contributed by atoms with van der Waals surface area (Å²) >= 11 is 0. The van der Waals surface area contributed by atoms with Crippen LogP contribution in [0.2, 0.25) is 0 Å². The van der Waals surface area contributed by atoms with E-state index in [0.717, 1.165) is 0 Å². The molecule has 0 aliphatic rings. The quantitative estimate of drug-likeness (QED) is 0.622. The summed E-state index contributed by atoms with van der Waals surface area (Å²) in [5.74, 6) is -0.627. The van der Waals surface area contributed by atoms with E-state index in [9.17, 15) is 13.6 Å². The Balaban J connectivity index is 3.75. The van der Waals surface area contributed by atoms with Crippen LogP contribution in [0.3, 0.4) is 0 Å². The Kier molecular flexibility index (Phi) is 3.95. The molecule has 0 radical (unpaired) electrons. The zero-order valence-corrected chi connectivity index (χ0v) is 6.47. The molecule has 0 fully saturated rings. The lowest BCUT2D eigenvalue weighted by atomic mass is 10.2. The van der Waals surface area contributed by atoms with Crippen molar-refractivity contribution in [1.82, 2.24) is 5.32 Å². The van der Waals surface area contributed by atoms with Crippen molar-refractivity contribution < 1.29 is 13.6 Å². The lowest BCUT2D eigenvalue weighted by Crippen LogP contribution is -2.46. The van der Waals surface area contributed by atoms with Crippen molar-refractivity contribution in [1.29, 1.82) is 0 Å². The van der Waals surface area contributed by atoms with Gasteiger partial charge in [-0.3, -0.25) is 10.1 Å². The molecule has 2 unspecified atom stereocenters. The minimum absolute atomic E-state index is 0.627. The first-order valence-corrected chi connectivity index (χ1v) is 3.28. The molecule has 0 saturated carbocycles. The summed E-state index contributed by atoms with van der Waals surface area (Å²) in [5, 5.41) is 2.35. The summed E-state index contributed by atoms with van der Waals surface area (Å²) in [4.78, 5) is 10.4. The van der Waals surface area contributed by atoms with E-state index in [4.69, 9.17) is 5.73 Å². The number of amides is 1. The molecule has 0 bridgehead atoms. The number of hydrogen-bond acceptors (Lipinski definition) is 2.